The molecule has 140 valence electrons. The van der Waals surface area contributed by atoms with E-state index in [0.717, 1.165) is 30.0 Å². The number of carbonyl (C=O) groups excluding carboxylic acids is 1. The van der Waals surface area contributed by atoms with Gasteiger partial charge in [0.15, 0.2) is 0 Å². The molecule has 1 amide bonds. The topological polar surface area (TPSA) is 64.1 Å². The van der Waals surface area contributed by atoms with E-state index in [1.54, 1.807) is 7.11 Å². The average Bonchev–Trinajstić information content (AvgIpc) is 3.14. The van der Waals surface area contributed by atoms with E-state index in [9.17, 15) is 4.79 Å². The van der Waals surface area contributed by atoms with Gasteiger partial charge in [0.2, 0.25) is 11.0 Å². The third-order valence-corrected chi connectivity index (χ3v) is 7.42. The quantitative estimate of drug-likeness (QED) is 0.772. The summed E-state index contributed by atoms with van der Waals surface area (Å²) in [6.07, 6.45) is 9.86. The number of rotatable bonds is 6. The summed E-state index contributed by atoms with van der Waals surface area (Å²) in [5.41, 5.74) is 1.64. The zero-order valence-corrected chi connectivity index (χ0v) is 16.2. The summed E-state index contributed by atoms with van der Waals surface area (Å²) in [5.74, 6) is 2.14. The van der Waals surface area contributed by atoms with Crippen molar-refractivity contribution in [2.24, 2.45) is 23.2 Å². The van der Waals surface area contributed by atoms with Crippen molar-refractivity contribution in [3.05, 3.63) is 47.0 Å². The van der Waals surface area contributed by atoms with Crippen LogP contribution in [0.3, 0.4) is 0 Å². The Bertz CT molecular complexity index is 902. The molecule has 1 aromatic carbocycles. The van der Waals surface area contributed by atoms with Crippen LogP contribution in [-0.2, 0) is 17.6 Å². The second-order valence-electron chi connectivity index (χ2n) is 7.93. The fraction of sp³-hybridized carbons (Fsp3) is 0.476. The summed E-state index contributed by atoms with van der Waals surface area (Å²) < 4.78 is 5.27. The number of aromatic nitrogens is 2. The lowest BCUT2D eigenvalue weighted by molar-refractivity contribution is -0.120. The second kappa shape index (κ2) is 6.44. The fourth-order valence-electron chi connectivity index (χ4n) is 4.95. The van der Waals surface area contributed by atoms with Crippen LogP contribution in [-0.4, -0.2) is 23.2 Å². The van der Waals surface area contributed by atoms with Crippen LogP contribution < -0.4 is 10.1 Å². The van der Waals surface area contributed by atoms with Crippen LogP contribution in [0.15, 0.2) is 36.4 Å². The number of nitrogens with one attached hydrogen (secondary N) is 1. The molecule has 2 bridgehead atoms. The minimum atomic E-state index is 0.103. The molecule has 1 spiro atoms. The van der Waals surface area contributed by atoms with Crippen molar-refractivity contribution in [2.45, 2.75) is 32.1 Å². The Balaban J connectivity index is 1.19. The maximum Gasteiger partial charge on any atom is 0.229 e. The first-order chi connectivity index (χ1) is 13.2. The fourth-order valence-corrected chi connectivity index (χ4v) is 5.70. The third-order valence-electron chi connectivity index (χ3n) is 6.52. The van der Waals surface area contributed by atoms with Gasteiger partial charge in [-0.1, -0.05) is 35.6 Å². The number of anilines is 1. The molecule has 3 atom stereocenters. The standard InChI is InChI=1S/C21H23N3O2S/c1-26-15-4-2-3-13(11-15)5-8-18-23-24-20(27-18)22-19(25)16-12-14-6-7-17(16)21(14)9-10-21/h2-4,6-7,11,14,16-17H,5,8-10,12H2,1H3,(H,22,24,25)/t14-,16+,17-/m1/s1. The molecule has 0 aliphatic heterocycles. The molecule has 2 aromatic rings. The smallest absolute Gasteiger partial charge is 0.229 e. The summed E-state index contributed by atoms with van der Waals surface area (Å²) in [5, 5.41) is 13.0. The summed E-state index contributed by atoms with van der Waals surface area (Å²) in [4.78, 5) is 12.8. The number of benzene rings is 1. The number of aryl methyl sites for hydroxylation is 2. The molecule has 1 aromatic heterocycles. The first-order valence-corrected chi connectivity index (χ1v) is 10.4. The number of carbonyl (C=O) groups is 1. The molecule has 1 heterocycles. The normalized spacial score (nSPS) is 26.5. The highest BCUT2D eigenvalue weighted by Gasteiger charge is 2.64. The Morgan fingerprint density at radius 3 is 2.96 bits per heavy atom. The molecule has 0 unspecified atom stereocenters. The van der Waals surface area contributed by atoms with Gasteiger partial charge in [0.05, 0.1) is 7.11 Å². The predicted molar refractivity (Wildman–Crippen MR) is 105 cm³/mol. The van der Waals surface area contributed by atoms with Crippen LogP contribution in [0.25, 0.3) is 0 Å². The Morgan fingerprint density at radius 1 is 1.30 bits per heavy atom. The van der Waals surface area contributed by atoms with Crippen LogP contribution >= 0.6 is 11.3 Å². The summed E-state index contributed by atoms with van der Waals surface area (Å²) >= 11 is 1.48. The molecule has 27 heavy (non-hydrogen) atoms. The van der Waals surface area contributed by atoms with Crippen LogP contribution in [0.1, 0.15) is 29.8 Å². The maximum absolute atomic E-state index is 12.8. The Morgan fingerprint density at radius 2 is 2.19 bits per heavy atom. The monoisotopic (exact) mass is 381 g/mol. The Kier molecular flexibility index (Phi) is 4.04. The summed E-state index contributed by atoms with van der Waals surface area (Å²) in [6, 6.07) is 8.07. The second-order valence-corrected chi connectivity index (χ2v) is 9.00. The summed E-state index contributed by atoms with van der Waals surface area (Å²) in [7, 11) is 1.68. The molecule has 3 aliphatic carbocycles. The van der Waals surface area contributed by atoms with Crippen molar-refractivity contribution in [2.75, 3.05) is 12.4 Å². The lowest BCUT2D eigenvalue weighted by Gasteiger charge is -2.18. The third kappa shape index (κ3) is 2.96. The first kappa shape index (κ1) is 16.9. The number of hydrogen-bond donors (Lipinski definition) is 1. The molecule has 3 aliphatic rings. The number of hydrogen-bond acceptors (Lipinski definition) is 5. The van der Waals surface area contributed by atoms with E-state index < -0.39 is 0 Å². The zero-order valence-electron chi connectivity index (χ0n) is 15.4. The number of nitrogens with zero attached hydrogens (tertiary/aromatic N) is 2. The Labute approximate surface area is 162 Å². The highest BCUT2D eigenvalue weighted by Crippen LogP contribution is 2.70. The van der Waals surface area contributed by atoms with Crippen molar-refractivity contribution < 1.29 is 9.53 Å². The van der Waals surface area contributed by atoms with Gasteiger partial charge in [-0.15, -0.1) is 10.2 Å². The van der Waals surface area contributed by atoms with Crippen molar-refractivity contribution in [1.29, 1.82) is 0 Å². The van der Waals surface area contributed by atoms with Crippen LogP contribution in [0, 0.1) is 23.2 Å². The molecular weight excluding hydrogens is 358 g/mol. The van der Waals surface area contributed by atoms with Gasteiger partial charge < -0.3 is 10.1 Å². The van der Waals surface area contributed by atoms with Gasteiger partial charge in [-0.2, -0.15) is 0 Å². The van der Waals surface area contributed by atoms with Crippen molar-refractivity contribution >= 4 is 22.4 Å². The van der Waals surface area contributed by atoms with Gasteiger partial charge in [-0.25, -0.2) is 0 Å². The first-order valence-electron chi connectivity index (χ1n) is 9.62. The predicted octanol–water partition coefficient (Wildman–Crippen LogP) is 3.87. The summed E-state index contributed by atoms with van der Waals surface area (Å²) in [6.45, 7) is 0. The highest BCUT2D eigenvalue weighted by molar-refractivity contribution is 7.15. The number of methoxy groups -OCH3 is 1. The number of allylic oxidation sites excluding steroid dienone is 2. The van der Waals surface area contributed by atoms with E-state index in [0.29, 0.717) is 22.4 Å². The molecule has 1 N–H and O–H groups in total. The highest BCUT2D eigenvalue weighted by atomic mass is 32.1. The van der Waals surface area contributed by atoms with Crippen molar-refractivity contribution in [1.82, 2.24) is 10.2 Å². The van der Waals surface area contributed by atoms with Gasteiger partial charge in [-0.3, -0.25) is 4.79 Å². The maximum atomic E-state index is 12.8. The van der Waals surface area contributed by atoms with E-state index >= 15 is 0 Å². The van der Waals surface area contributed by atoms with E-state index in [4.69, 9.17) is 4.74 Å². The molecular formula is C21H23N3O2S. The zero-order chi connectivity index (χ0) is 18.4. The molecule has 5 rings (SSSR count). The molecule has 5 nitrogen and oxygen atoms in total. The molecule has 0 radical (unpaired) electrons. The minimum absolute atomic E-state index is 0.103. The SMILES string of the molecule is COc1cccc(CCc2nnc(NC(=O)[C@H]3C[C@H]4C=C[C@H]3C43CC3)s2)c1. The van der Waals surface area contributed by atoms with Gasteiger partial charge in [0.1, 0.15) is 10.8 Å². The van der Waals surface area contributed by atoms with E-state index in [2.05, 4.69) is 33.7 Å². The van der Waals surface area contributed by atoms with Gasteiger partial charge in [-0.05, 0) is 60.6 Å². The molecule has 6 heteroatoms. The van der Waals surface area contributed by atoms with Crippen molar-refractivity contribution in [3.63, 3.8) is 0 Å². The number of amides is 1. The van der Waals surface area contributed by atoms with Crippen LogP contribution in [0.4, 0.5) is 5.13 Å². The van der Waals surface area contributed by atoms with Crippen LogP contribution in [0.5, 0.6) is 5.75 Å². The average molecular weight is 382 g/mol. The largest absolute Gasteiger partial charge is 0.497 e. The van der Waals surface area contributed by atoms with E-state index in [-0.39, 0.29) is 11.8 Å². The van der Waals surface area contributed by atoms with Gasteiger partial charge in [0, 0.05) is 12.3 Å². The number of ether oxygens (including phenoxy) is 1. The minimum Gasteiger partial charge on any atom is -0.497 e. The van der Waals surface area contributed by atoms with E-state index in [1.165, 1.54) is 29.7 Å². The van der Waals surface area contributed by atoms with E-state index in [1.807, 2.05) is 18.2 Å². The van der Waals surface area contributed by atoms with Crippen molar-refractivity contribution in [3.8, 4) is 5.75 Å². The van der Waals surface area contributed by atoms with Gasteiger partial charge in [0.25, 0.3) is 0 Å². The molecule has 0 saturated heterocycles. The van der Waals surface area contributed by atoms with Gasteiger partial charge >= 0.3 is 0 Å². The lowest BCUT2D eigenvalue weighted by atomic mass is 9.88. The Hall–Kier alpha value is -2.21. The molecule has 2 saturated carbocycles. The van der Waals surface area contributed by atoms with Crippen LogP contribution in [0.2, 0.25) is 0 Å². The lowest BCUT2D eigenvalue weighted by Crippen LogP contribution is -2.27. The molecule has 2 fully saturated rings.